The predicted octanol–water partition coefficient (Wildman–Crippen LogP) is 23.3. The van der Waals surface area contributed by atoms with E-state index in [1.807, 2.05) is 33.3 Å². The third-order valence-electron chi connectivity index (χ3n) is 16.1. The number of allylic oxidation sites excluding steroid dienone is 13. The Morgan fingerprint density at radius 2 is 0.709 bits per heavy atom. The SMILES string of the molecule is CCCCC/C=C\C/C=C\C/C=C\C/C=C\CCCCCCCCCC(=O)NC(COP(=O)(O)OCC[N+](C)(C)C)C(/C=C/CCCCCCCCCCCC)OC(=O)CCCCCCCCCCCCCCCCC/C=C\C/C=C\CCCCC. The van der Waals surface area contributed by atoms with Crippen molar-refractivity contribution >= 4 is 19.7 Å². The molecule has 0 saturated carbocycles. The number of esters is 1. The van der Waals surface area contributed by atoms with E-state index in [0.29, 0.717) is 17.4 Å². The Morgan fingerprint density at radius 1 is 0.407 bits per heavy atom. The van der Waals surface area contributed by atoms with Gasteiger partial charge in [-0.05, 0) is 109 Å². The number of amides is 1. The third-order valence-corrected chi connectivity index (χ3v) is 17.0. The van der Waals surface area contributed by atoms with Gasteiger partial charge in [-0.25, -0.2) is 4.57 Å². The molecule has 3 unspecified atom stereocenters. The minimum Gasteiger partial charge on any atom is -0.456 e. The van der Waals surface area contributed by atoms with Crippen LogP contribution in [0, 0.1) is 0 Å². The number of ether oxygens (including phenoxy) is 1. The molecule has 2 N–H and O–H groups in total. The summed E-state index contributed by atoms with van der Waals surface area (Å²) in [7, 11) is 1.49. The molecule has 0 heterocycles. The second-order valence-electron chi connectivity index (χ2n) is 25.8. The summed E-state index contributed by atoms with van der Waals surface area (Å²) >= 11 is 0. The molecule has 0 radical (unpaired) electrons. The van der Waals surface area contributed by atoms with Crippen molar-refractivity contribution in [2.45, 2.75) is 348 Å². The van der Waals surface area contributed by atoms with E-state index in [0.717, 1.165) is 96.3 Å². The quantitative estimate of drug-likeness (QED) is 0.0205. The lowest BCUT2D eigenvalue weighted by molar-refractivity contribution is -0.870. The summed E-state index contributed by atoms with van der Waals surface area (Å²) < 4.78 is 30.8. The fourth-order valence-corrected chi connectivity index (χ4v) is 11.2. The minimum atomic E-state index is -4.46. The van der Waals surface area contributed by atoms with Crippen molar-refractivity contribution < 1.29 is 37.3 Å². The number of likely N-dealkylation sites (N-methyl/N-ethyl adjacent to an activating group) is 1. The smallest absolute Gasteiger partial charge is 0.456 e. The summed E-state index contributed by atoms with van der Waals surface area (Å²) in [6.07, 6.45) is 87.4. The molecule has 0 aromatic heterocycles. The summed E-state index contributed by atoms with van der Waals surface area (Å²) in [4.78, 5) is 37.9. The number of nitrogens with one attached hydrogen (secondary N) is 1. The van der Waals surface area contributed by atoms with Crippen molar-refractivity contribution in [2.24, 2.45) is 0 Å². The Bertz CT molecular complexity index is 1750. The van der Waals surface area contributed by atoms with E-state index in [4.69, 9.17) is 13.8 Å². The lowest BCUT2D eigenvalue weighted by Gasteiger charge is -2.27. The van der Waals surface area contributed by atoms with Crippen molar-refractivity contribution in [1.82, 2.24) is 5.32 Å². The van der Waals surface area contributed by atoms with Crippen LogP contribution in [0.25, 0.3) is 0 Å². The molecule has 0 aromatic rings. The van der Waals surface area contributed by atoms with Gasteiger partial charge in [-0.1, -0.05) is 299 Å². The highest BCUT2D eigenvalue weighted by atomic mass is 31.2. The molecule has 9 nitrogen and oxygen atoms in total. The fraction of sp³-hybridized carbons (Fsp3) is 0.789. The molecule has 0 spiro atoms. The molecule has 0 aliphatic carbocycles. The monoisotopic (exact) mass is 1220 g/mol. The second kappa shape index (κ2) is 65.2. The van der Waals surface area contributed by atoms with Crippen molar-refractivity contribution in [3.8, 4) is 0 Å². The van der Waals surface area contributed by atoms with Crippen molar-refractivity contribution in [3.05, 3.63) is 85.1 Å². The van der Waals surface area contributed by atoms with Crippen LogP contribution in [-0.4, -0.2) is 74.3 Å². The molecule has 0 aromatic carbocycles. The van der Waals surface area contributed by atoms with Gasteiger partial charge in [0, 0.05) is 12.8 Å². The number of phosphoric ester groups is 1. The Kier molecular flexibility index (Phi) is 63.0. The first-order valence-electron chi connectivity index (χ1n) is 36.4. The van der Waals surface area contributed by atoms with E-state index in [-0.39, 0.29) is 31.5 Å². The van der Waals surface area contributed by atoms with Gasteiger partial charge < -0.3 is 19.4 Å². The summed E-state index contributed by atoms with van der Waals surface area (Å²) in [5.74, 6) is -0.509. The second-order valence-corrected chi connectivity index (χ2v) is 27.2. The zero-order valence-corrected chi connectivity index (χ0v) is 58.2. The molecule has 0 rings (SSSR count). The molecule has 0 saturated heterocycles. The number of phosphoric acid groups is 1. The van der Waals surface area contributed by atoms with Crippen LogP contribution in [0.4, 0.5) is 0 Å². The summed E-state index contributed by atoms with van der Waals surface area (Å²) in [5, 5.41) is 3.07. The number of hydrogen-bond donors (Lipinski definition) is 2. The number of carbonyl (C=O) groups is 2. The van der Waals surface area contributed by atoms with Crippen LogP contribution in [0.15, 0.2) is 85.1 Å². The van der Waals surface area contributed by atoms with Crippen LogP contribution in [0.2, 0.25) is 0 Å². The third kappa shape index (κ3) is 65.6. The largest absolute Gasteiger partial charge is 0.472 e. The Morgan fingerprint density at radius 3 is 1.08 bits per heavy atom. The van der Waals surface area contributed by atoms with Crippen molar-refractivity contribution in [2.75, 3.05) is 40.9 Å². The molecule has 3 atom stereocenters. The van der Waals surface area contributed by atoms with Gasteiger partial charge in [0.1, 0.15) is 19.3 Å². The predicted molar refractivity (Wildman–Crippen MR) is 374 cm³/mol. The maximum atomic E-state index is 13.6. The van der Waals surface area contributed by atoms with E-state index in [1.165, 1.54) is 205 Å². The van der Waals surface area contributed by atoms with Gasteiger partial charge in [-0.15, -0.1) is 0 Å². The summed E-state index contributed by atoms with van der Waals surface area (Å²) in [5.41, 5.74) is 0. The summed E-state index contributed by atoms with van der Waals surface area (Å²) in [6, 6.07) is -0.859. The first kappa shape index (κ1) is 83.2. The lowest BCUT2D eigenvalue weighted by Crippen LogP contribution is -2.47. The van der Waals surface area contributed by atoms with Gasteiger partial charge in [0.05, 0.1) is 33.8 Å². The zero-order valence-electron chi connectivity index (χ0n) is 57.3. The minimum absolute atomic E-state index is 0.0358. The van der Waals surface area contributed by atoms with E-state index >= 15 is 0 Å². The van der Waals surface area contributed by atoms with Gasteiger partial charge >= 0.3 is 13.8 Å². The Hall–Kier alpha value is -2.81. The zero-order chi connectivity index (χ0) is 62.8. The molecule has 1 amide bonds. The van der Waals surface area contributed by atoms with Gasteiger partial charge in [-0.2, -0.15) is 0 Å². The first-order valence-corrected chi connectivity index (χ1v) is 37.9. The van der Waals surface area contributed by atoms with E-state index in [2.05, 4.69) is 99.0 Å². The number of quaternary nitrogens is 1. The molecule has 0 fully saturated rings. The fourth-order valence-electron chi connectivity index (χ4n) is 10.4. The first-order chi connectivity index (χ1) is 41.9. The van der Waals surface area contributed by atoms with E-state index in [1.54, 1.807) is 0 Å². The topological polar surface area (TPSA) is 111 Å². The molecule has 86 heavy (non-hydrogen) atoms. The van der Waals surface area contributed by atoms with Crippen LogP contribution < -0.4 is 5.32 Å². The van der Waals surface area contributed by atoms with Crippen molar-refractivity contribution in [3.63, 3.8) is 0 Å². The average Bonchev–Trinajstić information content (AvgIpc) is 3.66. The van der Waals surface area contributed by atoms with Crippen LogP contribution in [-0.2, 0) is 27.9 Å². The molecular formula is C76H140N2O7P+. The normalized spacial score (nSPS) is 14.0. The molecule has 10 heteroatoms. The summed E-state index contributed by atoms with van der Waals surface area (Å²) in [6.45, 7) is 6.98. The maximum absolute atomic E-state index is 13.6. The van der Waals surface area contributed by atoms with Crippen molar-refractivity contribution in [1.29, 1.82) is 0 Å². The number of carbonyl (C=O) groups excluding carboxylic acids is 2. The average molecular weight is 1220 g/mol. The van der Waals surface area contributed by atoms with Crippen LogP contribution in [0.5, 0.6) is 0 Å². The van der Waals surface area contributed by atoms with Gasteiger partial charge in [-0.3, -0.25) is 18.6 Å². The highest BCUT2D eigenvalue weighted by molar-refractivity contribution is 7.47. The molecule has 0 aliphatic rings. The van der Waals surface area contributed by atoms with Crippen LogP contribution in [0.1, 0.15) is 335 Å². The molecule has 0 bridgehead atoms. The molecule has 0 aliphatic heterocycles. The number of rotatable bonds is 66. The number of hydrogen-bond acceptors (Lipinski definition) is 6. The molecule has 500 valence electrons. The van der Waals surface area contributed by atoms with E-state index < -0.39 is 20.0 Å². The Labute approximate surface area is 533 Å². The van der Waals surface area contributed by atoms with Crippen LogP contribution in [0.3, 0.4) is 0 Å². The lowest BCUT2D eigenvalue weighted by atomic mass is 10.0. The Balaban J connectivity index is 5.06. The van der Waals surface area contributed by atoms with Crippen LogP contribution >= 0.6 is 7.82 Å². The van der Waals surface area contributed by atoms with Gasteiger partial charge in [0.2, 0.25) is 5.91 Å². The number of nitrogens with zero attached hydrogens (tertiary/aromatic N) is 1. The number of unbranched alkanes of at least 4 members (excludes halogenated alkanes) is 38. The maximum Gasteiger partial charge on any atom is 0.472 e. The molecular weight excluding hydrogens is 1080 g/mol. The highest BCUT2D eigenvalue weighted by Crippen LogP contribution is 2.43. The highest BCUT2D eigenvalue weighted by Gasteiger charge is 2.30. The van der Waals surface area contributed by atoms with Gasteiger partial charge in [0.25, 0.3) is 0 Å². The standard InChI is InChI=1S/C76H139N2O7P/c1-7-10-13-16-19-22-25-28-30-32-34-36-38-39-41-43-45-47-49-51-54-57-60-63-66-69-76(80)85-74(67-64-61-58-55-52-27-24-21-18-15-12-9-3)73(72-84-86(81,82)83-71-70-78(4,5)6)77-75(79)68-65-62-59-56-53-50-48-46-44-42-40-37-35-33-31-29-26-23-20-17-14-11-8-2/h19-20,22-23,28-31,35,37,42,44,64,67,73-74H,7-18,21,24-27,32-34,36,38-41,43,45-63,65-66,68-72H2,1-6H3,(H-,77,79,81,82)/p+1/b22-19-,23-20-,30-28-,31-29-,37-35-,44-42-,67-64+. The van der Waals surface area contributed by atoms with Gasteiger partial charge in [0.15, 0.2) is 0 Å². The van der Waals surface area contributed by atoms with E-state index in [9.17, 15) is 19.0 Å².